The number of aromatic amines is 1. The van der Waals surface area contributed by atoms with Gasteiger partial charge < -0.3 is 10.1 Å². The number of nitrogens with zero attached hydrogens (tertiary/aromatic N) is 1. The fourth-order valence-corrected chi connectivity index (χ4v) is 1.12. The Morgan fingerprint density at radius 1 is 1.50 bits per heavy atom. The number of carboxylic acid groups (broad SMARTS) is 1. The van der Waals surface area contributed by atoms with Crippen LogP contribution in [0.5, 0.6) is 0 Å². The lowest BCUT2D eigenvalue weighted by Gasteiger charge is -1.95. The zero-order valence-corrected chi connectivity index (χ0v) is 7.64. The van der Waals surface area contributed by atoms with E-state index in [1.54, 1.807) is 0 Å². The zero-order chi connectivity index (χ0) is 9.42. The molecule has 74 valence electrons. The van der Waals surface area contributed by atoms with Crippen molar-refractivity contribution in [2.45, 2.75) is 0 Å². The second-order valence-electron chi connectivity index (χ2n) is 2.56. The maximum atomic E-state index is 13.0. The highest BCUT2D eigenvalue weighted by atomic mass is 35.5. The van der Waals surface area contributed by atoms with E-state index in [4.69, 9.17) is 5.11 Å². The van der Waals surface area contributed by atoms with Crippen LogP contribution in [0.4, 0.5) is 4.39 Å². The van der Waals surface area contributed by atoms with Crippen molar-refractivity contribution in [3.8, 4) is 0 Å². The van der Waals surface area contributed by atoms with Gasteiger partial charge in [-0.3, -0.25) is 0 Å². The van der Waals surface area contributed by atoms with Crippen LogP contribution in [0.1, 0.15) is 10.4 Å². The van der Waals surface area contributed by atoms with Gasteiger partial charge in [0.2, 0.25) is 0 Å². The Bertz CT molecular complexity index is 483. The van der Waals surface area contributed by atoms with E-state index in [9.17, 15) is 9.18 Å². The SMILES string of the molecule is Cl.O=C(O)c1cc2nc[nH]c2cc1F. The molecule has 0 fully saturated rings. The van der Waals surface area contributed by atoms with E-state index in [-0.39, 0.29) is 18.0 Å². The van der Waals surface area contributed by atoms with Crippen molar-refractivity contribution in [3.05, 3.63) is 29.8 Å². The monoisotopic (exact) mass is 216 g/mol. The molecule has 0 amide bonds. The van der Waals surface area contributed by atoms with Gasteiger partial charge in [-0.15, -0.1) is 12.4 Å². The molecule has 6 heteroatoms. The molecule has 1 aromatic carbocycles. The first-order valence-electron chi connectivity index (χ1n) is 3.54. The molecule has 0 aliphatic heterocycles. The Hall–Kier alpha value is -1.62. The molecule has 2 N–H and O–H groups in total. The zero-order valence-electron chi connectivity index (χ0n) is 6.82. The Morgan fingerprint density at radius 2 is 2.21 bits per heavy atom. The minimum atomic E-state index is -1.29. The predicted octanol–water partition coefficient (Wildman–Crippen LogP) is 1.82. The molecule has 0 atom stereocenters. The molecular weight excluding hydrogens is 211 g/mol. The highest BCUT2D eigenvalue weighted by Gasteiger charge is 2.11. The van der Waals surface area contributed by atoms with Crippen LogP contribution < -0.4 is 0 Å². The van der Waals surface area contributed by atoms with Gasteiger partial charge in [0.15, 0.2) is 0 Å². The number of H-pyrrole nitrogens is 1. The third-order valence-corrected chi connectivity index (χ3v) is 1.74. The number of imidazole rings is 1. The number of nitrogens with one attached hydrogen (secondary N) is 1. The average molecular weight is 217 g/mol. The number of hydrogen-bond donors (Lipinski definition) is 2. The number of aromatic carboxylic acids is 1. The van der Waals surface area contributed by atoms with Gasteiger partial charge in [-0.05, 0) is 6.07 Å². The molecule has 4 nitrogen and oxygen atoms in total. The predicted molar refractivity (Wildman–Crippen MR) is 50.3 cm³/mol. The van der Waals surface area contributed by atoms with Crippen LogP contribution in [0.2, 0.25) is 0 Å². The summed E-state index contributed by atoms with van der Waals surface area (Å²) in [4.78, 5) is 17.0. The molecule has 0 aliphatic rings. The van der Waals surface area contributed by atoms with E-state index < -0.39 is 11.8 Å². The van der Waals surface area contributed by atoms with Crippen molar-refractivity contribution < 1.29 is 14.3 Å². The first-order chi connectivity index (χ1) is 6.18. The number of carboxylic acids is 1. The van der Waals surface area contributed by atoms with Gasteiger partial charge in [0.25, 0.3) is 0 Å². The van der Waals surface area contributed by atoms with Crippen LogP contribution in [0.15, 0.2) is 18.5 Å². The van der Waals surface area contributed by atoms with E-state index >= 15 is 0 Å². The van der Waals surface area contributed by atoms with E-state index in [2.05, 4.69) is 9.97 Å². The second kappa shape index (κ2) is 3.63. The molecule has 14 heavy (non-hydrogen) atoms. The molecule has 0 radical (unpaired) electrons. The largest absolute Gasteiger partial charge is 0.478 e. The van der Waals surface area contributed by atoms with Crippen LogP contribution >= 0.6 is 12.4 Å². The molecule has 1 aromatic heterocycles. The van der Waals surface area contributed by atoms with Crippen molar-refractivity contribution in [3.63, 3.8) is 0 Å². The van der Waals surface area contributed by atoms with Gasteiger partial charge in [-0.25, -0.2) is 14.2 Å². The molecule has 0 bridgehead atoms. The average Bonchev–Trinajstić information content (AvgIpc) is 2.48. The number of fused-ring (bicyclic) bond motifs is 1. The molecule has 0 unspecified atom stereocenters. The fourth-order valence-electron chi connectivity index (χ4n) is 1.12. The lowest BCUT2D eigenvalue weighted by Crippen LogP contribution is -1.99. The third-order valence-electron chi connectivity index (χ3n) is 1.74. The molecule has 0 spiro atoms. The molecule has 2 aromatic rings. The number of hydrogen-bond acceptors (Lipinski definition) is 2. The van der Waals surface area contributed by atoms with Gasteiger partial charge in [-0.2, -0.15) is 0 Å². The van der Waals surface area contributed by atoms with Crippen molar-refractivity contribution in [1.29, 1.82) is 0 Å². The number of carbonyl (C=O) groups is 1. The van der Waals surface area contributed by atoms with Gasteiger partial charge >= 0.3 is 5.97 Å². The van der Waals surface area contributed by atoms with Crippen LogP contribution in [0.3, 0.4) is 0 Å². The van der Waals surface area contributed by atoms with Gasteiger partial charge in [0.1, 0.15) is 5.82 Å². The Morgan fingerprint density at radius 3 is 2.86 bits per heavy atom. The van der Waals surface area contributed by atoms with E-state index in [1.807, 2.05) is 0 Å². The molecule has 1 heterocycles. The number of halogens is 2. The molecule has 0 aliphatic carbocycles. The van der Waals surface area contributed by atoms with Crippen LogP contribution in [-0.2, 0) is 0 Å². The van der Waals surface area contributed by atoms with Crippen molar-refractivity contribution in [1.82, 2.24) is 9.97 Å². The van der Waals surface area contributed by atoms with Crippen molar-refractivity contribution in [2.75, 3.05) is 0 Å². The summed E-state index contributed by atoms with van der Waals surface area (Å²) in [5, 5.41) is 8.58. The van der Waals surface area contributed by atoms with Gasteiger partial charge in [-0.1, -0.05) is 0 Å². The number of benzene rings is 1. The smallest absolute Gasteiger partial charge is 0.338 e. The van der Waals surface area contributed by atoms with Crippen LogP contribution in [0.25, 0.3) is 11.0 Å². The molecule has 0 saturated heterocycles. The topological polar surface area (TPSA) is 66.0 Å². The van der Waals surface area contributed by atoms with Crippen LogP contribution in [-0.4, -0.2) is 21.0 Å². The Kier molecular flexibility index (Phi) is 2.71. The maximum absolute atomic E-state index is 13.0. The highest BCUT2D eigenvalue weighted by molar-refractivity contribution is 5.92. The lowest BCUT2D eigenvalue weighted by atomic mass is 10.2. The normalized spacial score (nSPS) is 9.79. The number of aromatic nitrogens is 2. The summed E-state index contributed by atoms with van der Waals surface area (Å²) in [7, 11) is 0. The van der Waals surface area contributed by atoms with Crippen molar-refractivity contribution in [2.24, 2.45) is 0 Å². The second-order valence-corrected chi connectivity index (χ2v) is 2.56. The number of rotatable bonds is 1. The van der Waals surface area contributed by atoms with Crippen LogP contribution in [0, 0.1) is 5.82 Å². The quantitative estimate of drug-likeness (QED) is 0.764. The summed E-state index contributed by atoms with van der Waals surface area (Å²) in [5.41, 5.74) is 0.570. The van der Waals surface area contributed by atoms with Gasteiger partial charge in [0.05, 0.1) is 22.9 Å². The van der Waals surface area contributed by atoms with Crippen molar-refractivity contribution >= 4 is 29.4 Å². The molecule has 0 saturated carbocycles. The highest BCUT2D eigenvalue weighted by Crippen LogP contribution is 2.15. The van der Waals surface area contributed by atoms with E-state index in [1.165, 1.54) is 12.4 Å². The standard InChI is InChI=1S/C8H5FN2O2.ClH/c9-5-2-7-6(10-3-11-7)1-4(5)8(12)13;/h1-3H,(H,10,11)(H,12,13);1H. The Balaban J connectivity index is 0.000000980. The minimum absolute atomic E-state index is 0. The maximum Gasteiger partial charge on any atom is 0.338 e. The third kappa shape index (κ3) is 1.54. The minimum Gasteiger partial charge on any atom is -0.478 e. The molecular formula is C8H6ClFN2O2. The summed E-state index contributed by atoms with van der Waals surface area (Å²) in [6, 6.07) is 2.31. The van der Waals surface area contributed by atoms with E-state index in [0.717, 1.165) is 6.07 Å². The summed E-state index contributed by atoms with van der Waals surface area (Å²) in [6.45, 7) is 0. The summed E-state index contributed by atoms with van der Waals surface area (Å²) in [6.07, 6.45) is 1.38. The fraction of sp³-hybridized carbons (Fsp3) is 0. The molecule has 2 rings (SSSR count). The first kappa shape index (κ1) is 10.5. The van der Waals surface area contributed by atoms with Gasteiger partial charge in [0, 0.05) is 6.07 Å². The first-order valence-corrected chi connectivity index (χ1v) is 3.54. The summed E-state index contributed by atoms with van der Waals surface area (Å²) < 4.78 is 13.0. The lowest BCUT2D eigenvalue weighted by molar-refractivity contribution is 0.0692. The summed E-state index contributed by atoms with van der Waals surface area (Å²) >= 11 is 0. The van der Waals surface area contributed by atoms with E-state index in [0.29, 0.717) is 11.0 Å². The Labute approximate surface area is 84.2 Å². The summed E-state index contributed by atoms with van der Waals surface area (Å²) in [5.74, 6) is -2.05.